The first-order valence-corrected chi connectivity index (χ1v) is 11.4. The van der Waals surface area contributed by atoms with Crippen LogP contribution in [0.15, 0.2) is 58.3 Å². The van der Waals surface area contributed by atoms with Crippen LogP contribution < -0.4 is 4.74 Å². The fraction of sp³-hybridized carbons (Fsp3) is 0.294. The van der Waals surface area contributed by atoms with Gasteiger partial charge < -0.3 is 4.74 Å². The van der Waals surface area contributed by atoms with E-state index in [1.165, 1.54) is 53.9 Å². The molecule has 29 heavy (non-hydrogen) atoms. The topological polar surface area (TPSA) is 127 Å². The standard InChI is InChI=1S/C17H19N3O7S2/c1-27-15-5-7-16(8-6-15)28(23,24)18-9-11-19(12-10-18)29(25,26)17-4-2-3-14(13-17)20(21)22/h2-8,13H,9-12H2,1H3. The maximum absolute atomic E-state index is 12.8. The Morgan fingerprint density at radius 2 is 1.38 bits per heavy atom. The number of sulfonamides is 2. The Bertz CT molecular complexity index is 1110. The second-order valence-electron chi connectivity index (χ2n) is 6.24. The molecule has 12 heteroatoms. The molecule has 0 aromatic heterocycles. The van der Waals surface area contributed by atoms with Gasteiger partial charge in [-0.05, 0) is 30.3 Å². The highest BCUT2D eigenvalue weighted by atomic mass is 32.2. The highest BCUT2D eigenvalue weighted by Crippen LogP contribution is 2.24. The van der Waals surface area contributed by atoms with Gasteiger partial charge in [0.1, 0.15) is 5.75 Å². The Morgan fingerprint density at radius 3 is 1.86 bits per heavy atom. The van der Waals surface area contributed by atoms with Crippen molar-refractivity contribution in [1.29, 1.82) is 0 Å². The lowest BCUT2D eigenvalue weighted by Gasteiger charge is -2.33. The largest absolute Gasteiger partial charge is 0.497 e. The third-order valence-corrected chi connectivity index (χ3v) is 8.37. The van der Waals surface area contributed by atoms with E-state index in [1.807, 2.05) is 0 Å². The van der Waals surface area contributed by atoms with Gasteiger partial charge in [-0.2, -0.15) is 8.61 Å². The Kier molecular flexibility index (Phi) is 5.89. The summed E-state index contributed by atoms with van der Waals surface area (Å²) in [5.41, 5.74) is -0.327. The Morgan fingerprint density at radius 1 is 0.862 bits per heavy atom. The van der Waals surface area contributed by atoms with Crippen molar-refractivity contribution in [2.24, 2.45) is 0 Å². The van der Waals surface area contributed by atoms with Crippen LogP contribution in [0.25, 0.3) is 0 Å². The molecule has 1 saturated heterocycles. The van der Waals surface area contributed by atoms with Crippen molar-refractivity contribution >= 4 is 25.7 Å². The lowest BCUT2D eigenvalue weighted by molar-refractivity contribution is -0.385. The molecule has 0 amide bonds. The summed E-state index contributed by atoms with van der Waals surface area (Å²) < 4.78 is 58.5. The van der Waals surface area contributed by atoms with Crippen LogP contribution in [-0.2, 0) is 20.0 Å². The zero-order valence-corrected chi connectivity index (χ0v) is 17.1. The minimum absolute atomic E-state index is 0.0253. The Balaban J connectivity index is 1.75. The number of benzene rings is 2. The number of ether oxygens (including phenoxy) is 1. The number of hydrogen-bond acceptors (Lipinski definition) is 7. The van der Waals surface area contributed by atoms with Crippen LogP contribution >= 0.6 is 0 Å². The van der Waals surface area contributed by atoms with E-state index in [2.05, 4.69) is 0 Å². The van der Waals surface area contributed by atoms with Crippen LogP contribution in [0.4, 0.5) is 5.69 Å². The van der Waals surface area contributed by atoms with Gasteiger partial charge in [-0.1, -0.05) is 6.07 Å². The van der Waals surface area contributed by atoms with Crippen molar-refractivity contribution in [1.82, 2.24) is 8.61 Å². The van der Waals surface area contributed by atoms with Crippen LogP contribution in [-0.4, -0.2) is 63.7 Å². The normalized spacial score (nSPS) is 16.4. The first kappa shape index (κ1) is 21.2. The first-order chi connectivity index (χ1) is 13.7. The first-order valence-electron chi connectivity index (χ1n) is 8.55. The van der Waals surface area contributed by atoms with Crippen molar-refractivity contribution < 1.29 is 26.5 Å². The number of piperazine rings is 1. The van der Waals surface area contributed by atoms with Gasteiger partial charge >= 0.3 is 0 Å². The predicted octanol–water partition coefficient (Wildman–Crippen LogP) is 1.30. The minimum Gasteiger partial charge on any atom is -0.497 e. The highest BCUT2D eigenvalue weighted by molar-refractivity contribution is 7.89. The van der Waals surface area contributed by atoms with Gasteiger partial charge in [-0.25, -0.2) is 16.8 Å². The molecule has 0 radical (unpaired) electrons. The SMILES string of the molecule is COc1ccc(S(=O)(=O)N2CCN(S(=O)(=O)c3cccc([N+](=O)[O-])c3)CC2)cc1. The number of non-ortho nitro benzene ring substituents is 1. The average Bonchev–Trinajstić information content (AvgIpc) is 2.74. The fourth-order valence-corrected chi connectivity index (χ4v) is 5.84. The fourth-order valence-electron chi connectivity index (χ4n) is 2.95. The van der Waals surface area contributed by atoms with Crippen LogP contribution in [0.1, 0.15) is 0 Å². The van der Waals surface area contributed by atoms with E-state index in [4.69, 9.17) is 4.74 Å². The van der Waals surface area contributed by atoms with Crippen molar-refractivity contribution in [2.45, 2.75) is 9.79 Å². The number of rotatable bonds is 6. The van der Waals surface area contributed by atoms with E-state index >= 15 is 0 Å². The molecule has 156 valence electrons. The second-order valence-corrected chi connectivity index (χ2v) is 10.1. The van der Waals surface area contributed by atoms with Crippen molar-refractivity contribution in [2.75, 3.05) is 33.3 Å². The average molecular weight is 441 g/mol. The number of methoxy groups -OCH3 is 1. The molecule has 1 heterocycles. The summed E-state index contributed by atoms with van der Waals surface area (Å²) in [5, 5.41) is 10.9. The van der Waals surface area contributed by atoms with E-state index in [9.17, 15) is 26.9 Å². The van der Waals surface area contributed by atoms with Gasteiger partial charge in [0, 0.05) is 38.3 Å². The Hall–Kier alpha value is -2.54. The quantitative estimate of drug-likeness (QED) is 0.488. The third kappa shape index (κ3) is 4.24. The third-order valence-electron chi connectivity index (χ3n) is 4.56. The molecule has 2 aromatic rings. The molecule has 10 nitrogen and oxygen atoms in total. The monoisotopic (exact) mass is 441 g/mol. The molecule has 2 aromatic carbocycles. The van der Waals surface area contributed by atoms with Crippen LogP contribution in [0.3, 0.4) is 0 Å². The summed E-state index contributed by atoms with van der Waals surface area (Å²) >= 11 is 0. The summed E-state index contributed by atoms with van der Waals surface area (Å²) in [6.45, 7) is -0.161. The lowest BCUT2D eigenvalue weighted by Crippen LogP contribution is -2.50. The van der Waals surface area contributed by atoms with Gasteiger partial charge in [-0.15, -0.1) is 0 Å². The minimum atomic E-state index is -3.97. The molecule has 1 aliphatic heterocycles. The van der Waals surface area contributed by atoms with Crippen molar-refractivity contribution in [3.63, 3.8) is 0 Å². The molecule has 1 fully saturated rings. The van der Waals surface area contributed by atoms with Gasteiger partial charge in [-0.3, -0.25) is 10.1 Å². The molecule has 0 N–H and O–H groups in total. The summed E-state index contributed by atoms with van der Waals surface area (Å²) in [7, 11) is -6.26. The smallest absolute Gasteiger partial charge is 0.270 e. The maximum Gasteiger partial charge on any atom is 0.270 e. The molecule has 0 spiro atoms. The zero-order chi connectivity index (χ0) is 21.2. The number of nitrogens with zero attached hydrogens (tertiary/aromatic N) is 3. The summed E-state index contributed by atoms with van der Waals surface area (Å²) in [6.07, 6.45) is 0. The summed E-state index contributed by atoms with van der Waals surface area (Å²) in [6, 6.07) is 10.7. The van der Waals surface area contributed by atoms with Gasteiger partial charge in [0.05, 0.1) is 21.8 Å². The molecule has 1 aliphatic rings. The molecule has 0 saturated carbocycles. The number of hydrogen-bond donors (Lipinski definition) is 0. The lowest BCUT2D eigenvalue weighted by atomic mass is 10.3. The van der Waals surface area contributed by atoms with Gasteiger partial charge in [0.2, 0.25) is 20.0 Å². The summed E-state index contributed by atoms with van der Waals surface area (Å²) in [5.74, 6) is 0.525. The number of nitro benzene ring substituents is 1. The van der Waals surface area contributed by atoms with Crippen LogP contribution in [0.5, 0.6) is 5.75 Å². The van der Waals surface area contributed by atoms with Gasteiger partial charge in [0.25, 0.3) is 5.69 Å². The maximum atomic E-state index is 12.8. The van der Waals surface area contributed by atoms with E-state index in [0.717, 1.165) is 10.4 Å². The predicted molar refractivity (Wildman–Crippen MR) is 104 cm³/mol. The number of nitro groups is 1. The van der Waals surface area contributed by atoms with E-state index in [0.29, 0.717) is 5.75 Å². The summed E-state index contributed by atoms with van der Waals surface area (Å²) in [4.78, 5) is 10.1. The molecule has 3 rings (SSSR count). The van der Waals surface area contributed by atoms with Crippen LogP contribution in [0, 0.1) is 10.1 Å². The van der Waals surface area contributed by atoms with E-state index < -0.39 is 25.0 Å². The Labute approximate surface area is 168 Å². The van der Waals surface area contributed by atoms with Crippen molar-refractivity contribution in [3.8, 4) is 5.75 Å². The second kappa shape index (κ2) is 8.06. The van der Waals surface area contributed by atoms with E-state index in [-0.39, 0.29) is 41.7 Å². The molecular formula is C17H19N3O7S2. The molecule has 0 aliphatic carbocycles. The van der Waals surface area contributed by atoms with E-state index in [1.54, 1.807) is 0 Å². The zero-order valence-electron chi connectivity index (χ0n) is 15.5. The van der Waals surface area contributed by atoms with Gasteiger partial charge in [0.15, 0.2) is 0 Å². The molecular weight excluding hydrogens is 422 g/mol. The molecule has 0 atom stereocenters. The molecule has 0 unspecified atom stereocenters. The van der Waals surface area contributed by atoms with Crippen LogP contribution in [0.2, 0.25) is 0 Å². The highest BCUT2D eigenvalue weighted by Gasteiger charge is 2.34. The molecule has 0 bridgehead atoms. The van der Waals surface area contributed by atoms with Crippen molar-refractivity contribution in [3.05, 3.63) is 58.6 Å².